The largest absolute Gasteiger partial charge is 0.449 e. The van der Waals surface area contributed by atoms with Gasteiger partial charge in [0.25, 0.3) is 0 Å². The summed E-state index contributed by atoms with van der Waals surface area (Å²) in [5.41, 5.74) is 0. The molecule has 2 amide bonds. The number of ether oxygens (including phenoxy) is 1. The Labute approximate surface area is 241 Å². The highest BCUT2D eigenvalue weighted by molar-refractivity contribution is 5.85. The Kier molecular flexibility index (Phi) is 25.5. The number of carbonyl (C=O) groups is 2. The first-order valence-corrected chi connectivity index (χ1v) is 15.9. The smallest absolute Gasteiger partial charge is 0.407 e. The van der Waals surface area contributed by atoms with Gasteiger partial charge in [-0.2, -0.15) is 0 Å². The van der Waals surface area contributed by atoms with E-state index in [2.05, 4.69) is 22.0 Å². The highest BCUT2D eigenvalue weighted by Gasteiger charge is 2.26. The second kappa shape index (κ2) is 26.2. The molecule has 0 aromatic carbocycles. The van der Waals surface area contributed by atoms with Gasteiger partial charge in [-0.1, -0.05) is 96.8 Å². The molecule has 0 saturated carbocycles. The molecular weight excluding hydrogens is 498 g/mol. The van der Waals surface area contributed by atoms with Gasteiger partial charge in [-0.15, -0.1) is 12.4 Å². The number of amides is 2. The number of unbranched alkanes of at least 4 members (excludes halogenated alkanes) is 14. The molecule has 226 valence electrons. The van der Waals surface area contributed by atoms with Crippen molar-refractivity contribution in [3.8, 4) is 0 Å². The molecule has 7 heteroatoms. The normalized spacial score (nSPS) is 15.4. The van der Waals surface area contributed by atoms with Crippen molar-refractivity contribution in [3.05, 3.63) is 0 Å². The fraction of sp³-hybridized carbons (Fsp3) is 0.935. The van der Waals surface area contributed by atoms with Gasteiger partial charge in [-0.3, -0.25) is 4.79 Å². The van der Waals surface area contributed by atoms with Gasteiger partial charge in [0.1, 0.15) is 0 Å². The zero-order valence-electron chi connectivity index (χ0n) is 25.3. The number of nitrogens with one attached hydrogen (secondary N) is 1. The molecule has 0 radical (unpaired) electrons. The van der Waals surface area contributed by atoms with E-state index in [-0.39, 0.29) is 24.5 Å². The fourth-order valence-corrected chi connectivity index (χ4v) is 5.34. The second-order valence-corrected chi connectivity index (χ2v) is 11.4. The van der Waals surface area contributed by atoms with E-state index in [0.717, 1.165) is 51.6 Å². The lowest BCUT2D eigenvalue weighted by Crippen LogP contribution is -2.44. The molecular formula is C31H62ClN3O3. The van der Waals surface area contributed by atoms with Gasteiger partial charge in [-0.05, 0) is 52.7 Å². The molecule has 6 nitrogen and oxygen atoms in total. The highest BCUT2D eigenvalue weighted by Crippen LogP contribution is 2.22. The van der Waals surface area contributed by atoms with Gasteiger partial charge in [0.15, 0.2) is 0 Å². The summed E-state index contributed by atoms with van der Waals surface area (Å²) in [5.74, 6) is 0.299. The number of likely N-dealkylation sites (tertiary alicyclic amines) is 1. The molecule has 0 aromatic rings. The SMILES string of the molecule is CCCCCCCCCCCCCCCCCC(=O)N1CCCCC1CCOC(=O)NCCCN(C)C.Cl. The summed E-state index contributed by atoms with van der Waals surface area (Å²) >= 11 is 0. The Balaban J connectivity index is 0.0000137. The number of rotatable bonds is 23. The Hall–Kier alpha value is -1.01. The van der Waals surface area contributed by atoms with Crippen molar-refractivity contribution in [2.45, 2.75) is 148 Å². The van der Waals surface area contributed by atoms with E-state index >= 15 is 0 Å². The topological polar surface area (TPSA) is 61.9 Å². The van der Waals surface area contributed by atoms with Crippen LogP contribution in [0.2, 0.25) is 0 Å². The van der Waals surface area contributed by atoms with Crippen molar-refractivity contribution >= 4 is 24.4 Å². The van der Waals surface area contributed by atoms with E-state index in [0.29, 0.717) is 25.5 Å². The van der Waals surface area contributed by atoms with Crippen LogP contribution in [-0.4, -0.2) is 68.2 Å². The third-order valence-corrected chi connectivity index (χ3v) is 7.68. The van der Waals surface area contributed by atoms with Crippen LogP contribution in [0.1, 0.15) is 142 Å². The fourth-order valence-electron chi connectivity index (χ4n) is 5.34. The highest BCUT2D eigenvalue weighted by atomic mass is 35.5. The van der Waals surface area contributed by atoms with E-state index in [1.807, 2.05) is 14.1 Å². The molecule has 1 N–H and O–H groups in total. The average Bonchev–Trinajstić information content (AvgIpc) is 2.89. The molecule has 0 bridgehead atoms. The Morgan fingerprint density at radius 1 is 0.816 bits per heavy atom. The van der Waals surface area contributed by atoms with Crippen LogP contribution in [0.15, 0.2) is 0 Å². The first kappa shape index (κ1) is 37.0. The maximum Gasteiger partial charge on any atom is 0.407 e. The number of hydrogen-bond acceptors (Lipinski definition) is 4. The summed E-state index contributed by atoms with van der Waals surface area (Å²) in [6.45, 7) is 5.09. The maximum absolute atomic E-state index is 12.9. The van der Waals surface area contributed by atoms with Crippen LogP contribution in [0.5, 0.6) is 0 Å². The predicted octanol–water partition coefficient (Wildman–Crippen LogP) is 8.12. The Bertz CT molecular complexity index is 562. The third kappa shape index (κ3) is 20.9. The number of alkyl carbamates (subject to hydrolysis) is 1. The molecule has 1 fully saturated rings. The summed E-state index contributed by atoms with van der Waals surface area (Å²) < 4.78 is 5.37. The molecule has 1 saturated heterocycles. The average molecular weight is 560 g/mol. The zero-order chi connectivity index (χ0) is 27.0. The van der Waals surface area contributed by atoms with E-state index in [1.54, 1.807) is 0 Å². The summed E-state index contributed by atoms with van der Waals surface area (Å²) in [6.07, 6.45) is 25.4. The van der Waals surface area contributed by atoms with Crippen LogP contribution in [0.4, 0.5) is 4.79 Å². The zero-order valence-corrected chi connectivity index (χ0v) is 26.1. The van der Waals surface area contributed by atoms with Crippen molar-refractivity contribution in [2.75, 3.05) is 40.3 Å². The monoisotopic (exact) mass is 559 g/mol. The van der Waals surface area contributed by atoms with Gasteiger partial charge >= 0.3 is 6.09 Å². The number of nitrogens with zero attached hydrogens (tertiary/aromatic N) is 2. The van der Waals surface area contributed by atoms with Crippen molar-refractivity contribution in [1.82, 2.24) is 15.1 Å². The minimum atomic E-state index is -0.342. The van der Waals surface area contributed by atoms with Crippen LogP contribution in [0.3, 0.4) is 0 Å². The number of halogens is 1. The van der Waals surface area contributed by atoms with Crippen LogP contribution < -0.4 is 5.32 Å². The molecule has 0 aromatic heterocycles. The van der Waals surface area contributed by atoms with Crippen molar-refractivity contribution in [3.63, 3.8) is 0 Å². The number of carbonyl (C=O) groups excluding carboxylic acids is 2. The van der Waals surface area contributed by atoms with Crippen LogP contribution in [0.25, 0.3) is 0 Å². The predicted molar refractivity (Wildman–Crippen MR) is 163 cm³/mol. The van der Waals surface area contributed by atoms with Gasteiger partial charge in [-0.25, -0.2) is 4.79 Å². The molecule has 1 unspecified atom stereocenters. The summed E-state index contributed by atoms with van der Waals surface area (Å²) in [7, 11) is 4.05. The minimum absolute atomic E-state index is 0. The summed E-state index contributed by atoms with van der Waals surface area (Å²) in [5, 5.41) is 2.81. The quantitative estimate of drug-likeness (QED) is 0.128. The third-order valence-electron chi connectivity index (χ3n) is 7.68. The van der Waals surface area contributed by atoms with Crippen molar-refractivity contribution < 1.29 is 14.3 Å². The van der Waals surface area contributed by atoms with E-state index in [9.17, 15) is 9.59 Å². The first-order chi connectivity index (χ1) is 18.0. The molecule has 38 heavy (non-hydrogen) atoms. The van der Waals surface area contributed by atoms with Crippen LogP contribution in [-0.2, 0) is 9.53 Å². The lowest BCUT2D eigenvalue weighted by molar-refractivity contribution is -0.135. The Morgan fingerprint density at radius 3 is 1.92 bits per heavy atom. The first-order valence-electron chi connectivity index (χ1n) is 15.9. The molecule has 1 heterocycles. The Morgan fingerprint density at radius 2 is 1.37 bits per heavy atom. The van der Waals surface area contributed by atoms with Crippen molar-refractivity contribution in [2.24, 2.45) is 0 Å². The van der Waals surface area contributed by atoms with Crippen molar-refractivity contribution in [1.29, 1.82) is 0 Å². The second-order valence-electron chi connectivity index (χ2n) is 11.4. The van der Waals surface area contributed by atoms with Crippen LogP contribution >= 0.6 is 12.4 Å². The molecule has 0 aliphatic carbocycles. The molecule has 1 atom stereocenters. The van der Waals surface area contributed by atoms with E-state index < -0.39 is 0 Å². The van der Waals surface area contributed by atoms with Crippen LogP contribution in [0, 0.1) is 0 Å². The summed E-state index contributed by atoms with van der Waals surface area (Å²) in [6, 6.07) is 0.221. The van der Waals surface area contributed by atoms with E-state index in [4.69, 9.17) is 4.74 Å². The lowest BCUT2D eigenvalue weighted by Gasteiger charge is -2.36. The van der Waals surface area contributed by atoms with Gasteiger partial charge in [0.2, 0.25) is 5.91 Å². The molecule has 0 spiro atoms. The molecule has 1 aliphatic rings. The molecule has 1 aliphatic heterocycles. The standard InChI is InChI=1S/C31H61N3O3.ClH/c1-4-5-6-7-8-9-10-11-12-13-14-15-16-17-18-23-30(35)34-27-20-19-22-29(34)24-28-37-31(36)32-25-21-26-33(2)3;/h29H,4-28H2,1-3H3,(H,32,36);1H. The van der Waals surface area contributed by atoms with Gasteiger partial charge in [0.05, 0.1) is 6.61 Å². The van der Waals surface area contributed by atoms with Gasteiger partial charge < -0.3 is 19.9 Å². The lowest BCUT2D eigenvalue weighted by atomic mass is 9.98. The van der Waals surface area contributed by atoms with E-state index in [1.165, 1.54) is 89.9 Å². The van der Waals surface area contributed by atoms with Gasteiger partial charge in [0, 0.05) is 32.0 Å². The summed E-state index contributed by atoms with van der Waals surface area (Å²) in [4.78, 5) is 28.9. The molecule has 1 rings (SSSR count). The minimum Gasteiger partial charge on any atom is -0.449 e. The number of hydrogen-bond donors (Lipinski definition) is 1. The number of piperidine rings is 1. The maximum atomic E-state index is 12.9.